The molecule has 0 radical (unpaired) electrons. The summed E-state index contributed by atoms with van der Waals surface area (Å²) in [5.74, 6) is 1.50. The van der Waals surface area contributed by atoms with Crippen molar-refractivity contribution in [3.8, 4) is 11.5 Å². The van der Waals surface area contributed by atoms with E-state index < -0.39 is 16.1 Å². The molecule has 6 nitrogen and oxygen atoms in total. The standard InChI is InChI=1S/C25H23NO5S2/c1-32-24-10-5-3-8-19(24)25(23-15-17-7-2-4-9-20(17)31-23)26-33(27,28)18-11-12-21-22(16-18)30-14-6-13-29-21/h2-5,7-12,15-16,25-26H,6,13-14H2,1H3/t25-/m1/s1. The van der Waals surface area contributed by atoms with Crippen molar-refractivity contribution < 1.29 is 22.3 Å². The number of furan rings is 1. The van der Waals surface area contributed by atoms with Crippen molar-refractivity contribution in [3.63, 3.8) is 0 Å². The fourth-order valence-electron chi connectivity index (χ4n) is 3.86. The first-order chi connectivity index (χ1) is 16.0. The molecular formula is C25H23NO5S2. The third-order valence-electron chi connectivity index (χ3n) is 5.48. The second kappa shape index (κ2) is 9.13. The first kappa shape index (κ1) is 21.9. The van der Waals surface area contributed by atoms with Gasteiger partial charge >= 0.3 is 0 Å². The summed E-state index contributed by atoms with van der Waals surface area (Å²) in [5, 5.41) is 0.911. The van der Waals surface area contributed by atoms with Gasteiger partial charge < -0.3 is 13.9 Å². The van der Waals surface area contributed by atoms with Crippen molar-refractivity contribution >= 4 is 32.8 Å². The lowest BCUT2D eigenvalue weighted by Crippen LogP contribution is -2.29. The number of ether oxygens (including phenoxy) is 2. The lowest BCUT2D eigenvalue weighted by molar-refractivity contribution is 0.297. The molecule has 1 aliphatic heterocycles. The maximum Gasteiger partial charge on any atom is 0.241 e. The highest BCUT2D eigenvalue weighted by Crippen LogP contribution is 2.36. The number of sulfonamides is 1. The molecule has 0 bridgehead atoms. The van der Waals surface area contributed by atoms with Gasteiger partial charge in [0.15, 0.2) is 11.5 Å². The number of thioether (sulfide) groups is 1. The zero-order valence-corrected chi connectivity index (χ0v) is 19.6. The maximum atomic E-state index is 13.5. The Kier molecular flexibility index (Phi) is 6.05. The molecule has 8 heteroatoms. The summed E-state index contributed by atoms with van der Waals surface area (Å²) in [5.41, 5.74) is 1.52. The van der Waals surface area contributed by atoms with Crippen molar-refractivity contribution in [1.29, 1.82) is 0 Å². The highest BCUT2D eigenvalue weighted by Gasteiger charge is 2.28. The Morgan fingerprint density at radius 2 is 1.67 bits per heavy atom. The van der Waals surface area contributed by atoms with Gasteiger partial charge in [-0.1, -0.05) is 36.4 Å². The van der Waals surface area contributed by atoms with E-state index in [-0.39, 0.29) is 4.90 Å². The first-order valence-electron chi connectivity index (χ1n) is 10.6. The average Bonchev–Trinajstić information content (AvgIpc) is 3.12. The van der Waals surface area contributed by atoms with Crippen LogP contribution in [0.25, 0.3) is 11.0 Å². The van der Waals surface area contributed by atoms with Gasteiger partial charge in [-0.3, -0.25) is 0 Å². The van der Waals surface area contributed by atoms with Gasteiger partial charge in [0.2, 0.25) is 10.0 Å². The van der Waals surface area contributed by atoms with Crippen molar-refractivity contribution in [2.75, 3.05) is 19.5 Å². The van der Waals surface area contributed by atoms with E-state index in [1.54, 1.807) is 17.8 Å². The molecule has 4 aromatic rings. The Hall–Kier alpha value is -2.94. The molecule has 1 aliphatic rings. The van der Waals surface area contributed by atoms with E-state index in [1.807, 2.05) is 60.9 Å². The Morgan fingerprint density at radius 3 is 2.48 bits per heavy atom. The van der Waals surface area contributed by atoms with E-state index in [1.165, 1.54) is 12.1 Å². The molecule has 33 heavy (non-hydrogen) atoms. The molecule has 0 fully saturated rings. The van der Waals surface area contributed by atoms with Crippen molar-refractivity contribution in [2.45, 2.75) is 22.3 Å². The molecule has 2 heterocycles. The minimum Gasteiger partial charge on any atom is -0.490 e. The number of benzene rings is 3. The topological polar surface area (TPSA) is 77.8 Å². The highest BCUT2D eigenvalue weighted by atomic mass is 32.2. The smallest absolute Gasteiger partial charge is 0.241 e. The summed E-state index contributed by atoms with van der Waals surface area (Å²) >= 11 is 1.56. The van der Waals surface area contributed by atoms with E-state index >= 15 is 0 Å². The van der Waals surface area contributed by atoms with Crippen molar-refractivity contribution in [3.05, 3.63) is 84.1 Å². The SMILES string of the molecule is CSc1ccccc1[C@@H](NS(=O)(=O)c1ccc2c(c1)OCCCO2)c1cc2ccccc2o1. The van der Waals surface area contributed by atoms with Gasteiger partial charge in [-0.2, -0.15) is 4.72 Å². The highest BCUT2D eigenvalue weighted by molar-refractivity contribution is 7.98. The summed E-state index contributed by atoms with van der Waals surface area (Å²) in [6.45, 7) is 1.02. The van der Waals surface area contributed by atoms with Crippen LogP contribution in [0, 0.1) is 0 Å². The summed E-state index contributed by atoms with van der Waals surface area (Å²) < 4.78 is 47.3. The van der Waals surface area contributed by atoms with Gasteiger partial charge in [0, 0.05) is 22.8 Å². The normalized spacial score (nSPS) is 14.7. The number of rotatable bonds is 6. The molecule has 0 spiro atoms. The van der Waals surface area contributed by atoms with Crippen LogP contribution in [0.2, 0.25) is 0 Å². The summed E-state index contributed by atoms with van der Waals surface area (Å²) in [6.07, 6.45) is 2.71. The van der Waals surface area contributed by atoms with Gasteiger partial charge in [-0.25, -0.2) is 8.42 Å². The van der Waals surface area contributed by atoms with Gasteiger partial charge in [0.1, 0.15) is 17.4 Å². The van der Waals surface area contributed by atoms with Gasteiger partial charge in [0.05, 0.1) is 18.1 Å². The Labute approximate surface area is 197 Å². The lowest BCUT2D eigenvalue weighted by atomic mass is 10.1. The molecule has 0 aliphatic carbocycles. The van der Waals surface area contributed by atoms with Crippen LogP contribution in [-0.4, -0.2) is 27.9 Å². The zero-order chi connectivity index (χ0) is 22.8. The first-order valence-corrected chi connectivity index (χ1v) is 13.3. The molecule has 170 valence electrons. The van der Waals surface area contributed by atoms with Crippen LogP contribution in [0.4, 0.5) is 0 Å². The molecule has 5 rings (SSSR count). The van der Waals surface area contributed by atoms with Gasteiger partial charge in [0.25, 0.3) is 0 Å². The predicted molar refractivity (Wildman–Crippen MR) is 129 cm³/mol. The van der Waals surface area contributed by atoms with Crippen LogP contribution in [0.1, 0.15) is 23.8 Å². The number of hydrogen-bond acceptors (Lipinski definition) is 6. The minimum absolute atomic E-state index is 0.106. The quantitative estimate of drug-likeness (QED) is 0.373. The molecule has 1 atom stereocenters. The van der Waals surface area contributed by atoms with E-state index in [0.717, 1.165) is 22.3 Å². The van der Waals surface area contributed by atoms with Gasteiger partial charge in [-0.05, 0) is 42.2 Å². The molecule has 1 N–H and O–H groups in total. The van der Waals surface area contributed by atoms with Crippen molar-refractivity contribution in [1.82, 2.24) is 4.72 Å². The van der Waals surface area contributed by atoms with E-state index in [2.05, 4.69) is 4.72 Å². The molecular weight excluding hydrogens is 458 g/mol. The van der Waals surface area contributed by atoms with E-state index in [9.17, 15) is 8.42 Å². The third-order valence-corrected chi connectivity index (χ3v) is 7.71. The Bertz CT molecular complexity index is 1360. The maximum absolute atomic E-state index is 13.5. The number of nitrogens with one attached hydrogen (secondary N) is 1. The van der Waals surface area contributed by atoms with Crippen LogP contribution < -0.4 is 14.2 Å². The van der Waals surface area contributed by atoms with Crippen LogP contribution >= 0.6 is 11.8 Å². The minimum atomic E-state index is -3.92. The average molecular weight is 482 g/mol. The summed E-state index contributed by atoms with van der Waals surface area (Å²) in [6, 6.07) is 21.2. The summed E-state index contributed by atoms with van der Waals surface area (Å²) in [4.78, 5) is 1.07. The fraction of sp³-hybridized carbons (Fsp3) is 0.200. The number of para-hydroxylation sites is 1. The van der Waals surface area contributed by atoms with Crippen LogP contribution in [0.3, 0.4) is 0 Å². The monoisotopic (exact) mass is 481 g/mol. The third kappa shape index (κ3) is 4.46. The summed E-state index contributed by atoms with van der Waals surface area (Å²) in [7, 11) is -3.92. The Morgan fingerprint density at radius 1 is 0.909 bits per heavy atom. The molecule has 0 unspecified atom stereocenters. The lowest BCUT2D eigenvalue weighted by Gasteiger charge is -2.20. The van der Waals surface area contributed by atoms with Crippen LogP contribution in [0.5, 0.6) is 11.5 Å². The second-order valence-electron chi connectivity index (χ2n) is 7.64. The van der Waals surface area contributed by atoms with E-state index in [4.69, 9.17) is 13.9 Å². The second-order valence-corrected chi connectivity index (χ2v) is 10.2. The van der Waals surface area contributed by atoms with Crippen LogP contribution in [0.15, 0.2) is 87.0 Å². The number of fused-ring (bicyclic) bond motifs is 2. The van der Waals surface area contributed by atoms with Crippen molar-refractivity contribution in [2.24, 2.45) is 0 Å². The molecule has 0 amide bonds. The molecule has 3 aromatic carbocycles. The largest absolute Gasteiger partial charge is 0.490 e. The van der Waals surface area contributed by atoms with Gasteiger partial charge in [-0.15, -0.1) is 11.8 Å². The predicted octanol–water partition coefficient (Wildman–Crippen LogP) is 5.38. The van der Waals surface area contributed by atoms with E-state index in [0.29, 0.717) is 36.1 Å². The Balaban J connectivity index is 1.57. The fourth-order valence-corrected chi connectivity index (χ4v) is 5.69. The molecule has 0 saturated heterocycles. The molecule has 1 aromatic heterocycles. The zero-order valence-electron chi connectivity index (χ0n) is 18.0. The molecule has 0 saturated carbocycles. The number of hydrogen-bond donors (Lipinski definition) is 1. The van der Waals surface area contributed by atoms with Crippen LogP contribution in [-0.2, 0) is 10.0 Å².